The Labute approximate surface area is 180 Å². The second kappa shape index (κ2) is 10.1. The number of nitrogens with one attached hydrogen (secondary N) is 2. The number of aryl methyl sites for hydroxylation is 2. The van der Waals surface area contributed by atoms with Crippen molar-refractivity contribution in [1.82, 2.24) is 29.9 Å². The molecule has 0 atom stereocenters. The van der Waals surface area contributed by atoms with Crippen LogP contribution >= 0.6 is 0 Å². The van der Waals surface area contributed by atoms with Crippen molar-refractivity contribution in [2.24, 2.45) is 7.05 Å². The predicted octanol–water partition coefficient (Wildman–Crippen LogP) is 2.81. The van der Waals surface area contributed by atoms with Crippen molar-refractivity contribution < 1.29 is 9.59 Å². The molecule has 3 heterocycles. The topological polar surface area (TPSA) is 107 Å². The Morgan fingerprint density at radius 2 is 1.94 bits per heavy atom. The number of pyridine rings is 1. The number of allylic oxidation sites excluding steroid dienone is 1. The number of aromatic nitrogens is 5. The Hall–Kier alpha value is -4.01. The van der Waals surface area contributed by atoms with E-state index in [1.54, 1.807) is 42.3 Å². The minimum Gasteiger partial charge on any atom is -0.350 e. The van der Waals surface area contributed by atoms with Crippen LogP contribution in [0.4, 0.5) is 5.69 Å². The highest BCUT2D eigenvalue weighted by Gasteiger charge is 2.19. The summed E-state index contributed by atoms with van der Waals surface area (Å²) in [5.74, 6) is -0.805. The Balaban J connectivity index is 1.75. The SMILES string of the molecule is C=CCCNC(=O)c1nn(C)cc1NC(=O)c1cccc(-c2cnn(CCC=C)c2)n1. The van der Waals surface area contributed by atoms with Crippen LogP contribution in [0.15, 0.2) is 62.1 Å². The van der Waals surface area contributed by atoms with Crippen molar-refractivity contribution in [3.63, 3.8) is 0 Å². The summed E-state index contributed by atoms with van der Waals surface area (Å²) >= 11 is 0. The van der Waals surface area contributed by atoms with Crippen LogP contribution in [-0.4, -0.2) is 42.9 Å². The fourth-order valence-electron chi connectivity index (χ4n) is 2.87. The summed E-state index contributed by atoms with van der Waals surface area (Å²) in [6.45, 7) is 8.50. The summed E-state index contributed by atoms with van der Waals surface area (Å²) in [7, 11) is 1.68. The first-order chi connectivity index (χ1) is 15.0. The maximum absolute atomic E-state index is 12.8. The number of hydrogen-bond acceptors (Lipinski definition) is 5. The van der Waals surface area contributed by atoms with Gasteiger partial charge in [0.2, 0.25) is 0 Å². The molecule has 0 aromatic carbocycles. The lowest BCUT2D eigenvalue weighted by atomic mass is 10.2. The van der Waals surface area contributed by atoms with Gasteiger partial charge in [0.15, 0.2) is 5.69 Å². The van der Waals surface area contributed by atoms with Crippen LogP contribution in [0.1, 0.15) is 33.8 Å². The molecule has 3 rings (SSSR count). The average Bonchev–Trinajstić information content (AvgIpc) is 3.39. The molecule has 160 valence electrons. The first-order valence-corrected chi connectivity index (χ1v) is 9.86. The van der Waals surface area contributed by atoms with Gasteiger partial charge in [-0.25, -0.2) is 4.98 Å². The molecule has 9 heteroatoms. The summed E-state index contributed by atoms with van der Waals surface area (Å²) in [5.41, 5.74) is 2.11. The highest BCUT2D eigenvalue weighted by atomic mass is 16.2. The normalized spacial score (nSPS) is 10.5. The van der Waals surface area contributed by atoms with Crippen molar-refractivity contribution in [2.45, 2.75) is 19.4 Å². The maximum atomic E-state index is 12.8. The molecule has 0 bridgehead atoms. The molecular formula is C22H25N7O2. The molecule has 0 aliphatic heterocycles. The smallest absolute Gasteiger partial charge is 0.274 e. The van der Waals surface area contributed by atoms with Crippen LogP contribution in [0, 0.1) is 0 Å². The van der Waals surface area contributed by atoms with Gasteiger partial charge < -0.3 is 10.6 Å². The van der Waals surface area contributed by atoms with E-state index in [-0.39, 0.29) is 17.3 Å². The van der Waals surface area contributed by atoms with E-state index in [0.717, 1.165) is 18.5 Å². The minimum atomic E-state index is -0.436. The van der Waals surface area contributed by atoms with E-state index in [9.17, 15) is 9.59 Å². The van der Waals surface area contributed by atoms with Crippen molar-refractivity contribution in [2.75, 3.05) is 11.9 Å². The zero-order valence-electron chi connectivity index (χ0n) is 17.4. The third-order valence-corrected chi connectivity index (χ3v) is 4.40. The highest BCUT2D eigenvalue weighted by molar-refractivity contribution is 6.07. The van der Waals surface area contributed by atoms with E-state index in [4.69, 9.17) is 0 Å². The molecule has 2 amide bonds. The molecule has 0 saturated heterocycles. The van der Waals surface area contributed by atoms with Gasteiger partial charge in [0.05, 0.1) is 17.6 Å². The van der Waals surface area contributed by atoms with Gasteiger partial charge in [-0.2, -0.15) is 10.2 Å². The maximum Gasteiger partial charge on any atom is 0.274 e. The lowest BCUT2D eigenvalue weighted by Gasteiger charge is -2.06. The zero-order chi connectivity index (χ0) is 22.2. The number of amides is 2. The third kappa shape index (κ3) is 5.53. The second-order valence-electron chi connectivity index (χ2n) is 6.83. The van der Waals surface area contributed by atoms with Crippen LogP contribution < -0.4 is 10.6 Å². The molecule has 0 fully saturated rings. The van der Waals surface area contributed by atoms with Gasteiger partial charge in [0.1, 0.15) is 5.69 Å². The van der Waals surface area contributed by atoms with E-state index in [0.29, 0.717) is 24.3 Å². The van der Waals surface area contributed by atoms with Crippen molar-refractivity contribution in [3.05, 3.63) is 73.5 Å². The van der Waals surface area contributed by atoms with Crippen molar-refractivity contribution >= 4 is 17.5 Å². The van der Waals surface area contributed by atoms with Crippen LogP contribution in [0.5, 0.6) is 0 Å². The van der Waals surface area contributed by atoms with Crippen LogP contribution in [-0.2, 0) is 13.6 Å². The molecule has 0 aliphatic carbocycles. The minimum absolute atomic E-state index is 0.138. The van der Waals surface area contributed by atoms with Crippen LogP contribution in [0.25, 0.3) is 11.3 Å². The lowest BCUT2D eigenvalue weighted by molar-refractivity contribution is 0.0949. The molecule has 9 nitrogen and oxygen atoms in total. The van der Waals surface area contributed by atoms with Crippen molar-refractivity contribution in [1.29, 1.82) is 0 Å². The summed E-state index contributed by atoms with van der Waals surface area (Å²) in [6, 6.07) is 5.18. The third-order valence-electron chi connectivity index (χ3n) is 4.40. The van der Waals surface area contributed by atoms with E-state index in [1.807, 2.05) is 18.3 Å². The lowest BCUT2D eigenvalue weighted by Crippen LogP contribution is -2.26. The Bertz CT molecular complexity index is 1100. The highest BCUT2D eigenvalue weighted by Crippen LogP contribution is 2.18. The van der Waals surface area contributed by atoms with E-state index in [1.165, 1.54) is 4.68 Å². The Morgan fingerprint density at radius 1 is 1.13 bits per heavy atom. The summed E-state index contributed by atoms with van der Waals surface area (Å²) in [4.78, 5) is 29.6. The number of carbonyl (C=O) groups excluding carboxylic acids is 2. The van der Waals surface area contributed by atoms with Gasteiger partial charge in [-0.05, 0) is 25.0 Å². The monoisotopic (exact) mass is 419 g/mol. The molecule has 0 unspecified atom stereocenters. The number of carbonyl (C=O) groups is 2. The summed E-state index contributed by atoms with van der Waals surface area (Å²) in [6.07, 6.45) is 10.2. The van der Waals surface area contributed by atoms with E-state index in [2.05, 4.69) is 39.0 Å². The van der Waals surface area contributed by atoms with Crippen molar-refractivity contribution in [3.8, 4) is 11.3 Å². The van der Waals surface area contributed by atoms with Gasteiger partial charge in [-0.1, -0.05) is 18.2 Å². The Morgan fingerprint density at radius 3 is 2.71 bits per heavy atom. The number of nitrogens with zero attached hydrogens (tertiary/aromatic N) is 5. The predicted molar refractivity (Wildman–Crippen MR) is 119 cm³/mol. The molecule has 3 aromatic heterocycles. The number of hydrogen-bond donors (Lipinski definition) is 2. The molecule has 0 radical (unpaired) electrons. The number of anilines is 1. The molecular weight excluding hydrogens is 394 g/mol. The Kier molecular flexibility index (Phi) is 7.10. The van der Waals surface area contributed by atoms with Crippen LogP contribution in [0.3, 0.4) is 0 Å². The van der Waals surface area contributed by atoms with E-state index >= 15 is 0 Å². The molecule has 0 spiro atoms. The first kappa shape index (κ1) is 21.7. The summed E-state index contributed by atoms with van der Waals surface area (Å²) in [5, 5.41) is 13.9. The van der Waals surface area contributed by atoms with Gasteiger partial charge in [-0.3, -0.25) is 19.0 Å². The average molecular weight is 419 g/mol. The van der Waals surface area contributed by atoms with Gasteiger partial charge in [0.25, 0.3) is 11.8 Å². The molecule has 0 aliphatic rings. The van der Waals surface area contributed by atoms with Crippen LogP contribution in [0.2, 0.25) is 0 Å². The van der Waals surface area contributed by atoms with E-state index < -0.39 is 5.91 Å². The summed E-state index contributed by atoms with van der Waals surface area (Å²) < 4.78 is 3.28. The first-order valence-electron chi connectivity index (χ1n) is 9.86. The van der Waals surface area contributed by atoms with Gasteiger partial charge in [0, 0.05) is 38.1 Å². The fourth-order valence-corrected chi connectivity index (χ4v) is 2.87. The second-order valence-corrected chi connectivity index (χ2v) is 6.83. The molecule has 3 aromatic rings. The molecule has 31 heavy (non-hydrogen) atoms. The van der Waals surface area contributed by atoms with Gasteiger partial charge in [-0.15, -0.1) is 13.2 Å². The fraction of sp³-hybridized carbons (Fsp3) is 0.227. The molecule has 2 N–H and O–H groups in total. The number of rotatable bonds is 10. The standard InChI is InChI=1S/C22H25N7O2/c1-4-6-11-23-22(31)20-19(15-28(3)27-20)26-21(30)18-10-8-9-17(25-18)16-13-24-29(14-16)12-7-5-2/h4-5,8-10,13-15H,1-2,6-7,11-12H2,3H3,(H,23,31)(H,26,30). The molecule has 0 saturated carbocycles. The van der Waals surface area contributed by atoms with Gasteiger partial charge >= 0.3 is 0 Å². The quantitative estimate of drug-likeness (QED) is 0.388. The zero-order valence-corrected chi connectivity index (χ0v) is 17.4. The largest absolute Gasteiger partial charge is 0.350 e.